The van der Waals surface area contributed by atoms with Crippen molar-refractivity contribution < 1.29 is 5.11 Å². The number of aromatic nitrogens is 4. The second kappa shape index (κ2) is 3.54. The molecule has 1 aliphatic carbocycles. The molecule has 3 rings (SSSR count). The molecule has 1 fully saturated rings. The summed E-state index contributed by atoms with van der Waals surface area (Å²) >= 11 is 11.6. The first kappa shape index (κ1) is 11.2. The van der Waals surface area contributed by atoms with E-state index < -0.39 is 5.60 Å². The lowest BCUT2D eigenvalue weighted by molar-refractivity contribution is 0.0250. The average Bonchev–Trinajstić information content (AvgIpc) is 2.99. The number of H-pyrrole nitrogens is 1. The van der Waals surface area contributed by atoms with Crippen molar-refractivity contribution in [3.05, 3.63) is 16.3 Å². The second-order valence-corrected chi connectivity index (χ2v) is 5.19. The number of hydrogen-bond donors (Lipinski definition) is 2. The van der Waals surface area contributed by atoms with Gasteiger partial charge in [-0.3, -0.25) is 0 Å². The molecule has 0 unspecified atom stereocenters. The molecular formula is C10H10Cl2N4O. The molecule has 0 radical (unpaired) electrons. The fraction of sp³-hybridized carbons (Fsp3) is 0.500. The molecule has 17 heavy (non-hydrogen) atoms. The summed E-state index contributed by atoms with van der Waals surface area (Å²) in [6.07, 6.45) is 2.01. The van der Waals surface area contributed by atoms with Gasteiger partial charge in [0, 0.05) is 0 Å². The highest BCUT2D eigenvalue weighted by atomic mass is 35.5. The zero-order chi connectivity index (χ0) is 12.2. The maximum atomic E-state index is 10.4. The number of hydrogen-bond acceptors (Lipinski definition) is 4. The third-order valence-electron chi connectivity index (χ3n) is 3.13. The van der Waals surface area contributed by atoms with E-state index in [0.29, 0.717) is 17.0 Å². The Morgan fingerprint density at radius 1 is 1.29 bits per heavy atom. The minimum absolute atomic E-state index is 0.0478. The number of aromatic amines is 1. The first-order valence-electron chi connectivity index (χ1n) is 5.30. The molecule has 2 aromatic rings. The molecule has 0 aromatic carbocycles. The Labute approximate surface area is 107 Å². The van der Waals surface area contributed by atoms with E-state index in [4.69, 9.17) is 23.2 Å². The Kier molecular flexibility index (Phi) is 2.33. The number of nitrogens with zero attached hydrogens (tertiary/aromatic N) is 3. The predicted octanol–water partition coefficient (Wildman–Crippen LogP) is 2.28. The summed E-state index contributed by atoms with van der Waals surface area (Å²) in [4.78, 5) is 15.0. The Hall–Kier alpha value is -0.910. The van der Waals surface area contributed by atoms with E-state index in [0.717, 1.165) is 12.8 Å². The smallest absolute Gasteiger partial charge is 0.225 e. The number of imidazole rings is 1. The van der Waals surface area contributed by atoms with E-state index in [2.05, 4.69) is 19.9 Å². The first-order chi connectivity index (χ1) is 7.98. The molecule has 2 aromatic heterocycles. The number of halogens is 2. The summed E-state index contributed by atoms with van der Waals surface area (Å²) in [5.74, 6) is 0.707. The minimum atomic E-state index is -0.976. The van der Waals surface area contributed by atoms with Crippen LogP contribution in [0.1, 0.15) is 25.6 Å². The molecule has 0 bridgehead atoms. The van der Waals surface area contributed by atoms with Gasteiger partial charge in [0.1, 0.15) is 16.9 Å². The lowest BCUT2D eigenvalue weighted by atomic mass is 10.0. The van der Waals surface area contributed by atoms with Crippen LogP contribution in [0.2, 0.25) is 10.4 Å². The zero-order valence-electron chi connectivity index (χ0n) is 9.04. The van der Waals surface area contributed by atoms with Gasteiger partial charge < -0.3 is 10.1 Å². The third kappa shape index (κ3) is 1.78. The molecule has 1 aliphatic rings. The van der Waals surface area contributed by atoms with Crippen LogP contribution < -0.4 is 0 Å². The van der Waals surface area contributed by atoms with Crippen molar-refractivity contribution in [3.8, 4) is 0 Å². The summed E-state index contributed by atoms with van der Waals surface area (Å²) in [6.45, 7) is 1.74. The van der Waals surface area contributed by atoms with E-state index in [1.165, 1.54) is 0 Å². The molecule has 0 aliphatic heterocycles. The first-order valence-corrected chi connectivity index (χ1v) is 6.05. The fourth-order valence-corrected chi connectivity index (χ4v) is 2.34. The number of nitrogens with one attached hydrogen (secondary N) is 1. The number of aliphatic hydroxyl groups is 1. The molecule has 2 N–H and O–H groups in total. The van der Waals surface area contributed by atoms with Crippen molar-refractivity contribution in [3.63, 3.8) is 0 Å². The highest BCUT2D eigenvalue weighted by Gasteiger charge is 2.43. The van der Waals surface area contributed by atoms with Crippen LogP contribution in [0.3, 0.4) is 0 Å². The molecule has 2 heterocycles. The van der Waals surface area contributed by atoms with Crippen LogP contribution >= 0.6 is 23.2 Å². The largest absolute Gasteiger partial charge is 0.382 e. The molecule has 1 atom stereocenters. The minimum Gasteiger partial charge on any atom is -0.382 e. The van der Waals surface area contributed by atoms with Crippen molar-refractivity contribution in [1.82, 2.24) is 19.9 Å². The zero-order valence-corrected chi connectivity index (χ0v) is 10.5. The van der Waals surface area contributed by atoms with Crippen LogP contribution in [0.5, 0.6) is 0 Å². The monoisotopic (exact) mass is 272 g/mol. The lowest BCUT2D eigenvalue weighted by Crippen LogP contribution is -2.25. The summed E-state index contributed by atoms with van der Waals surface area (Å²) in [7, 11) is 0. The standard InChI is InChI=1S/C10H10Cl2N4O/c1-10(17,4-2-3-4)8-13-5-6(11)14-9(12)16-7(5)15-8/h4,17H,2-3H2,1H3,(H,13,14,15,16)/t10-/m1/s1. The molecule has 5 nitrogen and oxygen atoms in total. The molecule has 7 heteroatoms. The molecule has 0 saturated heterocycles. The molecule has 90 valence electrons. The summed E-state index contributed by atoms with van der Waals surface area (Å²) < 4.78 is 0. The van der Waals surface area contributed by atoms with Crippen molar-refractivity contribution in [1.29, 1.82) is 0 Å². The van der Waals surface area contributed by atoms with Crippen molar-refractivity contribution in [2.24, 2.45) is 5.92 Å². The van der Waals surface area contributed by atoms with Gasteiger partial charge in [0.05, 0.1) is 0 Å². The SMILES string of the molecule is C[C@](O)(c1nc2nc(Cl)nc(Cl)c2[nH]1)C1CC1. The van der Waals surface area contributed by atoms with Crippen LogP contribution in [0.15, 0.2) is 0 Å². The average molecular weight is 273 g/mol. The maximum absolute atomic E-state index is 10.4. The van der Waals surface area contributed by atoms with Crippen LogP contribution in [-0.2, 0) is 5.60 Å². The second-order valence-electron chi connectivity index (χ2n) is 4.49. The van der Waals surface area contributed by atoms with Gasteiger partial charge >= 0.3 is 0 Å². The van der Waals surface area contributed by atoms with E-state index in [1.54, 1.807) is 6.92 Å². The molecular weight excluding hydrogens is 263 g/mol. The van der Waals surface area contributed by atoms with Crippen LogP contribution in [-0.4, -0.2) is 25.0 Å². The summed E-state index contributed by atoms with van der Waals surface area (Å²) in [5, 5.41) is 10.6. The Bertz CT molecular complexity index is 591. The Morgan fingerprint density at radius 3 is 2.65 bits per heavy atom. The highest BCUT2D eigenvalue weighted by molar-refractivity contribution is 6.35. The molecule has 0 amide bonds. The van der Waals surface area contributed by atoms with Crippen LogP contribution in [0.25, 0.3) is 11.2 Å². The number of fused-ring (bicyclic) bond motifs is 1. The van der Waals surface area contributed by atoms with Gasteiger partial charge in [-0.05, 0) is 37.3 Å². The topological polar surface area (TPSA) is 74.7 Å². The number of rotatable bonds is 2. The van der Waals surface area contributed by atoms with Crippen molar-refractivity contribution in [2.45, 2.75) is 25.4 Å². The molecule has 0 spiro atoms. The van der Waals surface area contributed by atoms with E-state index in [1.807, 2.05) is 0 Å². The Morgan fingerprint density at radius 2 is 2.00 bits per heavy atom. The van der Waals surface area contributed by atoms with Gasteiger partial charge in [-0.15, -0.1) is 0 Å². The Balaban J connectivity index is 2.16. The van der Waals surface area contributed by atoms with E-state index in [9.17, 15) is 5.11 Å². The quantitative estimate of drug-likeness (QED) is 0.650. The van der Waals surface area contributed by atoms with Crippen molar-refractivity contribution in [2.75, 3.05) is 0 Å². The summed E-state index contributed by atoms with van der Waals surface area (Å²) in [5.41, 5.74) is -0.0887. The van der Waals surface area contributed by atoms with Gasteiger partial charge in [-0.2, -0.15) is 4.98 Å². The highest BCUT2D eigenvalue weighted by Crippen LogP contribution is 2.44. The van der Waals surface area contributed by atoms with Gasteiger partial charge in [0.2, 0.25) is 5.28 Å². The van der Waals surface area contributed by atoms with E-state index >= 15 is 0 Å². The van der Waals surface area contributed by atoms with Gasteiger partial charge in [0.25, 0.3) is 0 Å². The van der Waals surface area contributed by atoms with Crippen LogP contribution in [0, 0.1) is 5.92 Å². The van der Waals surface area contributed by atoms with Gasteiger partial charge in [0.15, 0.2) is 10.8 Å². The maximum Gasteiger partial charge on any atom is 0.225 e. The normalized spacial score (nSPS) is 19.5. The van der Waals surface area contributed by atoms with Gasteiger partial charge in [-0.25, -0.2) is 9.97 Å². The predicted molar refractivity (Wildman–Crippen MR) is 64.0 cm³/mol. The van der Waals surface area contributed by atoms with E-state index in [-0.39, 0.29) is 16.4 Å². The summed E-state index contributed by atoms with van der Waals surface area (Å²) in [6, 6.07) is 0. The third-order valence-corrected chi connectivity index (χ3v) is 3.57. The molecule has 1 saturated carbocycles. The van der Waals surface area contributed by atoms with Crippen molar-refractivity contribution >= 4 is 34.4 Å². The lowest BCUT2D eigenvalue weighted by Gasteiger charge is -2.19. The fourth-order valence-electron chi connectivity index (χ4n) is 1.92. The van der Waals surface area contributed by atoms with Crippen LogP contribution in [0.4, 0.5) is 0 Å². The van der Waals surface area contributed by atoms with Gasteiger partial charge in [-0.1, -0.05) is 11.6 Å².